The molecule has 1 aromatic heterocycles. The van der Waals surface area contributed by atoms with Crippen LogP contribution in [0.4, 0.5) is 5.69 Å². The Morgan fingerprint density at radius 3 is 2.59 bits per heavy atom. The van der Waals surface area contributed by atoms with Crippen molar-refractivity contribution in [3.63, 3.8) is 0 Å². The van der Waals surface area contributed by atoms with Gasteiger partial charge < -0.3 is 5.32 Å². The Hall–Kier alpha value is -1.54. The van der Waals surface area contributed by atoms with Crippen LogP contribution in [0.1, 0.15) is 16.8 Å². The van der Waals surface area contributed by atoms with Crippen molar-refractivity contribution in [1.82, 2.24) is 4.98 Å². The van der Waals surface area contributed by atoms with Gasteiger partial charge >= 0.3 is 0 Å². The van der Waals surface area contributed by atoms with Crippen molar-refractivity contribution in [2.45, 2.75) is 20.4 Å². The number of pyridine rings is 1. The van der Waals surface area contributed by atoms with Gasteiger partial charge in [-0.05, 0) is 37.1 Å². The summed E-state index contributed by atoms with van der Waals surface area (Å²) in [6.07, 6.45) is 1.81. The van der Waals surface area contributed by atoms with Gasteiger partial charge in [0.1, 0.15) is 0 Å². The molecule has 1 aromatic carbocycles. The Kier molecular flexibility index (Phi) is 3.64. The van der Waals surface area contributed by atoms with Crippen LogP contribution < -0.4 is 5.32 Å². The maximum absolute atomic E-state index is 6.15. The molecule has 2 rings (SSSR count). The van der Waals surface area contributed by atoms with Crippen molar-refractivity contribution in [3.05, 3.63) is 58.4 Å². The molecular weight excluding hydrogens is 232 g/mol. The van der Waals surface area contributed by atoms with Crippen molar-refractivity contribution >= 4 is 17.3 Å². The first kappa shape index (κ1) is 11.9. The number of rotatable bonds is 3. The Balaban J connectivity index is 2.16. The van der Waals surface area contributed by atoms with E-state index in [0.717, 1.165) is 22.0 Å². The summed E-state index contributed by atoms with van der Waals surface area (Å²) in [5.41, 5.74) is 4.36. The number of nitrogens with zero attached hydrogens (tertiary/aromatic N) is 1. The molecule has 0 amide bonds. The first-order chi connectivity index (χ1) is 8.18. The van der Waals surface area contributed by atoms with Gasteiger partial charge in [-0.3, -0.25) is 4.98 Å². The molecule has 1 heterocycles. The summed E-state index contributed by atoms with van der Waals surface area (Å²) in [5, 5.41) is 4.09. The predicted molar refractivity (Wildman–Crippen MR) is 72.5 cm³/mol. The lowest BCUT2D eigenvalue weighted by molar-refractivity contribution is 1.02. The summed E-state index contributed by atoms with van der Waals surface area (Å²) >= 11 is 6.15. The number of hydrogen-bond donors (Lipinski definition) is 1. The number of nitrogens with one attached hydrogen (secondary N) is 1. The lowest BCUT2D eigenvalue weighted by Crippen LogP contribution is -2.05. The third-order valence-corrected chi connectivity index (χ3v) is 3.09. The number of para-hydroxylation sites is 1. The molecule has 2 aromatic rings. The number of hydrogen-bond acceptors (Lipinski definition) is 2. The van der Waals surface area contributed by atoms with E-state index in [9.17, 15) is 0 Å². The van der Waals surface area contributed by atoms with Crippen LogP contribution >= 0.6 is 11.6 Å². The van der Waals surface area contributed by atoms with Crippen LogP contribution in [-0.2, 0) is 6.54 Å². The van der Waals surface area contributed by atoms with Crippen molar-refractivity contribution in [2.24, 2.45) is 0 Å². The second-order valence-corrected chi connectivity index (χ2v) is 4.46. The van der Waals surface area contributed by atoms with Gasteiger partial charge in [-0.2, -0.15) is 0 Å². The van der Waals surface area contributed by atoms with Crippen molar-refractivity contribution in [3.8, 4) is 0 Å². The van der Waals surface area contributed by atoms with E-state index in [-0.39, 0.29) is 0 Å². The summed E-state index contributed by atoms with van der Waals surface area (Å²) in [6.45, 7) is 4.79. The van der Waals surface area contributed by atoms with Crippen molar-refractivity contribution in [2.75, 3.05) is 5.32 Å². The van der Waals surface area contributed by atoms with Crippen LogP contribution in [-0.4, -0.2) is 4.98 Å². The summed E-state index contributed by atoms with van der Waals surface area (Å²) in [6, 6.07) is 9.89. The molecule has 0 saturated heterocycles. The highest BCUT2D eigenvalue weighted by atomic mass is 35.5. The first-order valence-electron chi connectivity index (χ1n) is 5.58. The molecule has 0 spiro atoms. The highest BCUT2D eigenvalue weighted by Gasteiger charge is 2.04. The summed E-state index contributed by atoms with van der Waals surface area (Å²) in [4.78, 5) is 4.35. The van der Waals surface area contributed by atoms with Gasteiger partial charge in [0.25, 0.3) is 0 Å². The minimum absolute atomic E-state index is 0.692. The van der Waals surface area contributed by atoms with Gasteiger partial charge in [-0.1, -0.05) is 29.8 Å². The molecule has 0 aliphatic heterocycles. The fraction of sp³-hybridized carbons (Fsp3) is 0.214. The normalized spacial score (nSPS) is 10.3. The van der Waals surface area contributed by atoms with E-state index in [1.807, 2.05) is 37.4 Å². The SMILES string of the molecule is Cc1cccnc1CNc1c(C)cccc1Cl. The van der Waals surface area contributed by atoms with Gasteiger partial charge in [-0.15, -0.1) is 0 Å². The van der Waals surface area contributed by atoms with E-state index < -0.39 is 0 Å². The number of halogens is 1. The maximum Gasteiger partial charge on any atom is 0.0640 e. The largest absolute Gasteiger partial charge is 0.378 e. The summed E-state index contributed by atoms with van der Waals surface area (Å²) in [7, 11) is 0. The molecule has 0 atom stereocenters. The van der Waals surface area contributed by atoms with Crippen molar-refractivity contribution < 1.29 is 0 Å². The van der Waals surface area contributed by atoms with E-state index in [4.69, 9.17) is 11.6 Å². The molecule has 17 heavy (non-hydrogen) atoms. The Morgan fingerprint density at radius 1 is 1.12 bits per heavy atom. The zero-order valence-electron chi connectivity index (χ0n) is 10.00. The van der Waals surface area contributed by atoms with E-state index >= 15 is 0 Å². The third-order valence-electron chi connectivity index (χ3n) is 2.77. The molecule has 88 valence electrons. The average molecular weight is 247 g/mol. The topological polar surface area (TPSA) is 24.9 Å². The number of aromatic nitrogens is 1. The summed E-state index contributed by atoms with van der Waals surface area (Å²) < 4.78 is 0. The van der Waals surface area contributed by atoms with Crippen LogP contribution in [0.2, 0.25) is 5.02 Å². The van der Waals surface area contributed by atoms with Gasteiger partial charge in [0.05, 0.1) is 22.9 Å². The van der Waals surface area contributed by atoms with Gasteiger partial charge in [0.2, 0.25) is 0 Å². The second kappa shape index (κ2) is 5.19. The van der Waals surface area contributed by atoms with Crippen LogP contribution in [0, 0.1) is 13.8 Å². The fourth-order valence-electron chi connectivity index (χ4n) is 1.73. The van der Waals surface area contributed by atoms with Crippen LogP contribution in [0.3, 0.4) is 0 Å². The molecule has 0 fully saturated rings. The standard InChI is InChI=1S/C14H15ClN2/c1-10-6-4-8-16-13(10)9-17-14-11(2)5-3-7-12(14)15/h3-8,17H,9H2,1-2H3. The minimum atomic E-state index is 0.692. The van der Waals surface area contributed by atoms with E-state index in [2.05, 4.69) is 23.3 Å². The Bertz CT molecular complexity index is 503. The minimum Gasteiger partial charge on any atom is -0.378 e. The molecule has 2 nitrogen and oxygen atoms in total. The second-order valence-electron chi connectivity index (χ2n) is 4.05. The molecule has 0 radical (unpaired) electrons. The molecule has 0 unspecified atom stereocenters. The maximum atomic E-state index is 6.15. The first-order valence-corrected chi connectivity index (χ1v) is 5.96. The molecular formula is C14H15ClN2. The number of aryl methyl sites for hydroxylation is 2. The monoisotopic (exact) mass is 246 g/mol. The molecule has 3 heteroatoms. The van der Waals surface area contributed by atoms with Crippen LogP contribution in [0.25, 0.3) is 0 Å². The lowest BCUT2D eigenvalue weighted by Gasteiger charge is -2.12. The quantitative estimate of drug-likeness (QED) is 0.887. The van der Waals surface area contributed by atoms with Gasteiger partial charge in [0, 0.05) is 6.20 Å². The highest BCUT2D eigenvalue weighted by Crippen LogP contribution is 2.25. The zero-order chi connectivity index (χ0) is 12.3. The van der Waals surface area contributed by atoms with Gasteiger partial charge in [-0.25, -0.2) is 0 Å². The third kappa shape index (κ3) is 2.77. The smallest absolute Gasteiger partial charge is 0.0640 e. The van der Waals surface area contributed by atoms with E-state index in [1.165, 1.54) is 5.56 Å². The molecule has 0 aliphatic carbocycles. The van der Waals surface area contributed by atoms with E-state index in [0.29, 0.717) is 6.54 Å². The zero-order valence-corrected chi connectivity index (χ0v) is 10.8. The average Bonchev–Trinajstić information content (AvgIpc) is 2.30. The number of anilines is 1. The highest BCUT2D eigenvalue weighted by molar-refractivity contribution is 6.33. The molecule has 0 aliphatic rings. The lowest BCUT2D eigenvalue weighted by atomic mass is 10.2. The summed E-state index contributed by atoms with van der Waals surface area (Å²) in [5.74, 6) is 0. The number of benzene rings is 1. The van der Waals surface area contributed by atoms with Crippen LogP contribution in [0.5, 0.6) is 0 Å². The van der Waals surface area contributed by atoms with E-state index in [1.54, 1.807) is 0 Å². The molecule has 0 saturated carbocycles. The molecule has 1 N–H and O–H groups in total. The Morgan fingerprint density at radius 2 is 1.88 bits per heavy atom. The Labute approximate surface area is 107 Å². The molecule has 0 bridgehead atoms. The van der Waals surface area contributed by atoms with Crippen LogP contribution in [0.15, 0.2) is 36.5 Å². The predicted octanol–water partition coefficient (Wildman–Crippen LogP) is 3.96. The fourth-order valence-corrected chi connectivity index (χ4v) is 2.02. The van der Waals surface area contributed by atoms with Crippen molar-refractivity contribution in [1.29, 1.82) is 0 Å². The van der Waals surface area contributed by atoms with Gasteiger partial charge in [0.15, 0.2) is 0 Å².